The highest BCUT2D eigenvalue weighted by molar-refractivity contribution is 9.10. The van der Waals surface area contributed by atoms with Crippen LogP contribution in [0.5, 0.6) is 5.75 Å². The van der Waals surface area contributed by atoms with E-state index in [1.807, 2.05) is 26.8 Å². The van der Waals surface area contributed by atoms with E-state index in [4.69, 9.17) is 4.74 Å². The lowest BCUT2D eigenvalue weighted by atomic mass is 9.87. The average Bonchev–Trinajstić information content (AvgIpc) is 2.14. The third-order valence-corrected chi connectivity index (χ3v) is 2.88. The van der Waals surface area contributed by atoms with Crippen LogP contribution in [-0.2, 0) is 5.41 Å². The average molecular weight is 288 g/mol. The van der Waals surface area contributed by atoms with Crippen molar-refractivity contribution in [3.8, 4) is 5.75 Å². The number of nitro benzene ring substituents is 1. The minimum Gasteiger partial charge on any atom is -0.489 e. The van der Waals surface area contributed by atoms with E-state index in [1.165, 1.54) is 7.11 Å². The third-order valence-electron chi connectivity index (χ3n) is 2.29. The molecule has 1 rings (SSSR count). The zero-order valence-corrected chi connectivity index (χ0v) is 11.3. The lowest BCUT2D eigenvalue weighted by Gasteiger charge is -2.19. The van der Waals surface area contributed by atoms with Crippen molar-refractivity contribution >= 4 is 21.6 Å². The molecule has 88 valence electrons. The van der Waals surface area contributed by atoms with Crippen molar-refractivity contribution in [3.63, 3.8) is 0 Å². The van der Waals surface area contributed by atoms with Crippen LogP contribution in [0.15, 0.2) is 16.6 Å². The summed E-state index contributed by atoms with van der Waals surface area (Å²) in [5.41, 5.74) is 0.744. The van der Waals surface area contributed by atoms with Crippen LogP contribution in [0.3, 0.4) is 0 Å². The van der Waals surface area contributed by atoms with Gasteiger partial charge in [0, 0.05) is 6.07 Å². The summed E-state index contributed by atoms with van der Waals surface area (Å²) in [5.74, 6) is 0.262. The van der Waals surface area contributed by atoms with Crippen LogP contribution in [0.2, 0.25) is 0 Å². The van der Waals surface area contributed by atoms with Crippen LogP contribution in [-0.4, -0.2) is 12.0 Å². The molecule has 0 fully saturated rings. The normalized spacial score (nSPS) is 11.3. The molecule has 16 heavy (non-hydrogen) atoms. The Bertz CT molecular complexity index is 424. The van der Waals surface area contributed by atoms with Gasteiger partial charge in [-0.2, -0.15) is 0 Å². The summed E-state index contributed by atoms with van der Waals surface area (Å²) in [5, 5.41) is 10.9. The molecule has 0 bridgehead atoms. The fraction of sp³-hybridized carbons (Fsp3) is 0.455. The molecule has 0 heterocycles. The monoisotopic (exact) mass is 287 g/mol. The Hall–Kier alpha value is -1.10. The Kier molecular flexibility index (Phi) is 3.57. The zero-order chi connectivity index (χ0) is 12.5. The molecule has 0 aliphatic heterocycles. The molecule has 0 radical (unpaired) electrons. The minimum atomic E-state index is -0.432. The van der Waals surface area contributed by atoms with Crippen LogP contribution < -0.4 is 4.74 Å². The second-order valence-corrected chi connectivity index (χ2v) is 5.37. The molecule has 0 aliphatic carbocycles. The molecule has 0 atom stereocenters. The predicted octanol–water partition coefficient (Wildman–Crippen LogP) is 3.66. The van der Waals surface area contributed by atoms with Gasteiger partial charge >= 0.3 is 5.69 Å². The summed E-state index contributed by atoms with van der Waals surface area (Å²) in [7, 11) is 1.42. The minimum absolute atomic E-state index is 0.0122. The standard InChI is InChI=1S/C11H14BrNO3/c1-11(2,3)7-5-8(12)10(16-4)9(6-7)13(14)15/h5-6H,1-4H3. The zero-order valence-electron chi connectivity index (χ0n) is 9.70. The van der Waals surface area contributed by atoms with Gasteiger partial charge in [-0.25, -0.2) is 0 Å². The van der Waals surface area contributed by atoms with Gasteiger partial charge in [0.15, 0.2) is 0 Å². The molecular weight excluding hydrogens is 274 g/mol. The van der Waals surface area contributed by atoms with Gasteiger partial charge < -0.3 is 4.74 Å². The van der Waals surface area contributed by atoms with Gasteiger partial charge in [-0.05, 0) is 33.0 Å². The van der Waals surface area contributed by atoms with Crippen molar-refractivity contribution in [1.29, 1.82) is 0 Å². The molecule has 0 spiro atoms. The van der Waals surface area contributed by atoms with Gasteiger partial charge in [-0.3, -0.25) is 10.1 Å². The van der Waals surface area contributed by atoms with Crippen LogP contribution in [0.25, 0.3) is 0 Å². The van der Waals surface area contributed by atoms with Gasteiger partial charge in [0.25, 0.3) is 0 Å². The van der Waals surface area contributed by atoms with Gasteiger partial charge in [-0.15, -0.1) is 0 Å². The van der Waals surface area contributed by atoms with E-state index in [-0.39, 0.29) is 16.9 Å². The van der Waals surface area contributed by atoms with Crippen LogP contribution in [0.4, 0.5) is 5.69 Å². The number of hydrogen-bond acceptors (Lipinski definition) is 3. The number of halogens is 1. The molecule has 0 amide bonds. The van der Waals surface area contributed by atoms with E-state index >= 15 is 0 Å². The molecule has 0 aromatic heterocycles. The molecule has 0 unspecified atom stereocenters. The maximum Gasteiger partial charge on any atom is 0.312 e. The number of ether oxygens (including phenoxy) is 1. The largest absolute Gasteiger partial charge is 0.489 e. The molecule has 5 heteroatoms. The van der Waals surface area contributed by atoms with E-state index in [1.54, 1.807) is 6.07 Å². The molecule has 1 aromatic carbocycles. The Balaban J connectivity index is 3.46. The molecular formula is C11H14BrNO3. The first-order chi connectivity index (χ1) is 7.27. The van der Waals surface area contributed by atoms with Crippen molar-refractivity contribution in [3.05, 3.63) is 32.3 Å². The highest BCUT2D eigenvalue weighted by atomic mass is 79.9. The van der Waals surface area contributed by atoms with E-state index in [0.29, 0.717) is 4.47 Å². The summed E-state index contributed by atoms with van der Waals surface area (Å²) in [6.45, 7) is 6.01. The third kappa shape index (κ3) is 2.52. The Morgan fingerprint density at radius 1 is 1.38 bits per heavy atom. The highest BCUT2D eigenvalue weighted by Gasteiger charge is 2.24. The van der Waals surface area contributed by atoms with Crippen molar-refractivity contribution in [1.82, 2.24) is 0 Å². The SMILES string of the molecule is COc1c(Br)cc(C(C)(C)C)cc1[N+](=O)[O-]. The first-order valence-corrected chi connectivity index (χ1v) is 5.59. The first-order valence-electron chi connectivity index (χ1n) is 4.79. The number of rotatable bonds is 2. The number of nitrogens with zero attached hydrogens (tertiary/aromatic N) is 1. The molecule has 0 saturated heterocycles. The van der Waals surface area contributed by atoms with E-state index < -0.39 is 4.92 Å². The van der Waals surface area contributed by atoms with Crippen LogP contribution >= 0.6 is 15.9 Å². The summed E-state index contributed by atoms with van der Waals surface area (Å²) in [6.07, 6.45) is 0. The maximum absolute atomic E-state index is 10.9. The van der Waals surface area contributed by atoms with Crippen LogP contribution in [0.1, 0.15) is 26.3 Å². The van der Waals surface area contributed by atoms with E-state index in [0.717, 1.165) is 5.56 Å². The summed E-state index contributed by atoms with van der Waals surface area (Å²) >= 11 is 3.29. The lowest BCUT2D eigenvalue weighted by molar-refractivity contribution is -0.385. The number of nitro groups is 1. The van der Waals surface area contributed by atoms with Gasteiger partial charge in [-0.1, -0.05) is 20.8 Å². The Morgan fingerprint density at radius 3 is 2.31 bits per heavy atom. The molecule has 4 nitrogen and oxygen atoms in total. The number of hydrogen-bond donors (Lipinski definition) is 0. The van der Waals surface area contributed by atoms with Gasteiger partial charge in [0.1, 0.15) is 0 Å². The van der Waals surface area contributed by atoms with Gasteiger partial charge in [0.2, 0.25) is 5.75 Å². The fourth-order valence-electron chi connectivity index (χ4n) is 1.35. The fourth-order valence-corrected chi connectivity index (χ4v) is 1.96. The van der Waals surface area contributed by atoms with E-state index in [2.05, 4.69) is 15.9 Å². The lowest BCUT2D eigenvalue weighted by Crippen LogP contribution is -2.12. The Morgan fingerprint density at radius 2 is 1.94 bits per heavy atom. The first kappa shape index (κ1) is 13.0. The molecule has 1 aromatic rings. The number of methoxy groups -OCH3 is 1. The Labute approximate surface area is 103 Å². The van der Waals surface area contributed by atoms with Crippen LogP contribution in [0, 0.1) is 10.1 Å². The van der Waals surface area contributed by atoms with Crippen molar-refractivity contribution < 1.29 is 9.66 Å². The van der Waals surface area contributed by atoms with Crippen molar-refractivity contribution in [2.45, 2.75) is 26.2 Å². The maximum atomic E-state index is 10.9. The number of benzene rings is 1. The molecule has 0 aliphatic rings. The summed E-state index contributed by atoms with van der Waals surface area (Å²) in [6, 6.07) is 3.41. The second-order valence-electron chi connectivity index (χ2n) is 4.52. The summed E-state index contributed by atoms with van der Waals surface area (Å²) < 4.78 is 5.62. The summed E-state index contributed by atoms with van der Waals surface area (Å²) in [4.78, 5) is 10.5. The highest BCUT2D eigenvalue weighted by Crippen LogP contribution is 2.39. The van der Waals surface area contributed by atoms with Gasteiger partial charge in [0.05, 0.1) is 16.5 Å². The van der Waals surface area contributed by atoms with Crippen molar-refractivity contribution in [2.24, 2.45) is 0 Å². The van der Waals surface area contributed by atoms with E-state index in [9.17, 15) is 10.1 Å². The smallest absolute Gasteiger partial charge is 0.312 e. The predicted molar refractivity (Wildman–Crippen MR) is 66.0 cm³/mol. The molecule has 0 saturated carbocycles. The van der Waals surface area contributed by atoms with Crippen molar-refractivity contribution in [2.75, 3.05) is 7.11 Å². The second kappa shape index (κ2) is 4.41. The topological polar surface area (TPSA) is 52.4 Å². The molecule has 0 N–H and O–H groups in total. The quantitative estimate of drug-likeness (QED) is 0.616.